The SMILES string of the molecule is CC(C)(CNS(=O)(=O)c1ccc(Cl)c([N+](=O)[O-])c1)C(N)=O. The molecule has 0 bridgehead atoms. The van der Waals surface area contributed by atoms with E-state index in [4.69, 9.17) is 17.3 Å². The summed E-state index contributed by atoms with van der Waals surface area (Å²) in [5.74, 6) is -0.674. The van der Waals surface area contributed by atoms with Crippen LogP contribution in [0.2, 0.25) is 5.02 Å². The van der Waals surface area contributed by atoms with Crippen LogP contribution in [0, 0.1) is 15.5 Å². The molecule has 3 N–H and O–H groups in total. The maximum atomic E-state index is 12.1. The number of halogens is 1. The summed E-state index contributed by atoms with van der Waals surface area (Å²) in [5, 5.41) is 10.6. The van der Waals surface area contributed by atoms with E-state index in [1.165, 1.54) is 13.8 Å². The minimum Gasteiger partial charge on any atom is -0.369 e. The number of hydrogen-bond donors (Lipinski definition) is 2. The Morgan fingerprint density at radius 3 is 2.52 bits per heavy atom. The highest BCUT2D eigenvalue weighted by Gasteiger charge is 2.28. The van der Waals surface area contributed by atoms with Crippen LogP contribution in [0.5, 0.6) is 0 Å². The van der Waals surface area contributed by atoms with Crippen molar-refractivity contribution < 1.29 is 18.1 Å². The number of nitrogens with two attached hydrogens (primary N) is 1. The highest BCUT2D eigenvalue weighted by molar-refractivity contribution is 7.89. The van der Waals surface area contributed by atoms with Crippen molar-refractivity contribution >= 4 is 33.2 Å². The molecule has 1 amide bonds. The van der Waals surface area contributed by atoms with Crippen molar-refractivity contribution in [3.8, 4) is 0 Å². The van der Waals surface area contributed by atoms with Crippen LogP contribution in [0.3, 0.4) is 0 Å². The Balaban J connectivity index is 3.07. The topological polar surface area (TPSA) is 132 Å². The molecule has 0 saturated carbocycles. The van der Waals surface area contributed by atoms with Gasteiger partial charge in [-0.2, -0.15) is 0 Å². The average Bonchev–Trinajstić information content (AvgIpc) is 2.36. The summed E-state index contributed by atoms with van der Waals surface area (Å²) >= 11 is 5.61. The summed E-state index contributed by atoms with van der Waals surface area (Å²) in [6, 6.07) is 3.10. The molecule has 0 heterocycles. The smallest absolute Gasteiger partial charge is 0.289 e. The molecule has 1 aromatic carbocycles. The number of nitrogens with zero attached hydrogens (tertiary/aromatic N) is 1. The fraction of sp³-hybridized carbons (Fsp3) is 0.364. The average molecular weight is 336 g/mol. The molecule has 0 aliphatic rings. The molecule has 1 aromatic rings. The Morgan fingerprint density at radius 1 is 1.48 bits per heavy atom. The van der Waals surface area contributed by atoms with Gasteiger partial charge < -0.3 is 5.73 Å². The van der Waals surface area contributed by atoms with Crippen LogP contribution in [0.4, 0.5) is 5.69 Å². The van der Waals surface area contributed by atoms with E-state index in [1.807, 2.05) is 0 Å². The van der Waals surface area contributed by atoms with E-state index in [-0.39, 0.29) is 16.5 Å². The largest absolute Gasteiger partial charge is 0.369 e. The van der Waals surface area contributed by atoms with E-state index in [0.29, 0.717) is 0 Å². The minimum absolute atomic E-state index is 0.170. The third kappa shape index (κ3) is 4.13. The van der Waals surface area contributed by atoms with Gasteiger partial charge in [0.1, 0.15) is 5.02 Å². The first kappa shape index (κ1) is 17.3. The molecule has 0 saturated heterocycles. The number of primary amides is 1. The van der Waals surface area contributed by atoms with Crippen molar-refractivity contribution in [2.24, 2.45) is 11.1 Å². The first-order valence-electron chi connectivity index (χ1n) is 5.71. The van der Waals surface area contributed by atoms with Crippen molar-refractivity contribution in [3.05, 3.63) is 33.3 Å². The summed E-state index contributed by atoms with van der Waals surface area (Å²) < 4.78 is 26.3. The Bertz CT molecular complexity index is 687. The molecule has 0 spiro atoms. The lowest BCUT2D eigenvalue weighted by atomic mass is 9.93. The second kappa shape index (κ2) is 5.96. The number of hydrogen-bond acceptors (Lipinski definition) is 5. The summed E-state index contributed by atoms with van der Waals surface area (Å²) in [7, 11) is -4.02. The molecular formula is C11H14ClN3O5S. The molecule has 0 aliphatic carbocycles. The number of carbonyl (C=O) groups is 1. The van der Waals surface area contributed by atoms with Crippen LogP contribution in [0.25, 0.3) is 0 Å². The predicted octanol–water partition coefficient (Wildman–Crippen LogP) is 1.04. The molecule has 0 atom stereocenters. The van der Waals surface area contributed by atoms with E-state index >= 15 is 0 Å². The van der Waals surface area contributed by atoms with Crippen LogP contribution < -0.4 is 10.5 Å². The van der Waals surface area contributed by atoms with Crippen LogP contribution in [0.1, 0.15) is 13.8 Å². The molecule has 116 valence electrons. The summed E-state index contributed by atoms with van der Waals surface area (Å²) in [6.45, 7) is 2.71. The van der Waals surface area contributed by atoms with Crippen LogP contribution in [-0.4, -0.2) is 25.8 Å². The van der Waals surface area contributed by atoms with Gasteiger partial charge >= 0.3 is 0 Å². The highest BCUT2D eigenvalue weighted by Crippen LogP contribution is 2.27. The van der Waals surface area contributed by atoms with E-state index in [1.54, 1.807) is 0 Å². The molecule has 10 heteroatoms. The molecule has 0 aliphatic heterocycles. The normalized spacial score (nSPS) is 12.1. The van der Waals surface area contributed by atoms with Gasteiger partial charge in [-0.05, 0) is 26.0 Å². The lowest BCUT2D eigenvalue weighted by Gasteiger charge is -2.20. The monoisotopic (exact) mass is 335 g/mol. The number of nitro groups is 1. The molecule has 1 rings (SSSR count). The van der Waals surface area contributed by atoms with E-state index in [0.717, 1.165) is 18.2 Å². The zero-order valence-electron chi connectivity index (χ0n) is 11.3. The lowest BCUT2D eigenvalue weighted by Crippen LogP contribution is -2.42. The van der Waals surface area contributed by atoms with Gasteiger partial charge in [0.15, 0.2) is 0 Å². The molecule has 0 radical (unpaired) electrons. The van der Waals surface area contributed by atoms with Crippen LogP contribution in [-0.2, 0) is 14.8 Å². The fourth-order valence-corrected chi connectivity index (χ4v) is 2.66. The Labute approximate surface area is 126 Å². The number of sulfonamides is 1. The number of rotatable bonds is 6. The van der Waals surface area contributed by atoms with E-state index in [9.17, 15) is 23.3 Å². The van der Waals surface area contributed by atoms with Crippen LogP contribution >= 0.6 is 11.6 Å². The van der Waals surface area contributed by atoms with Gasteiger partial charge in [0.05, 0.1) is 15.2 Å². The Hall–Kier alpha value is -1.71. The van der Waals surface area contributed by atoms with Gasteiger partial charge in [0.25, 0.3) is 5.69 Å². The summed E-state index contributed by atoms with van der Waals surface area (Å²) in [6.07, 6.45) is 0. The lowest BCUT2D eigenvalue weighted by molar-refractivity contribution is -0.384. The fourth-order valence-electron chi connectivity index (χ4n) is 1.25. The maximum Gasteiger partial charge on any atom is 0.289 e. The molecule has 0 aromatic heterocycles. The maximum absolute atomic E-state index is 12.1. The summed E-state index contributed by atoms with van der Waals surface area (Å²) in [4.78, 5) is 20.8. The van der Waals surface area contributed by atoms with Crippen molar-refractivity contribution in [2.75, 3.05) is 6.54 Å². The van der Waals surface area contributed by atoms with Crippen molar-refractivity contribution in [2.45, 2.75) is 18.7 Å². The first-order chi connectivity index (χ1) is 9.47. The van der Waals surface area contributed by atoms with Gasteiger partial charge in [0, 0.05) is 12.6 Å². The third-order valence-corrected chi connectivity index (χ3v) is 4.51. The van der Waals surface area contributed by atoms with Crippen molar-refractivity contribution in [1.29, 1.82) is 0 Å². The highest BCUT2D eigenvalue weighted by atomic mass is 35.5. The second-order valence-electron chi connectivity index (χ2n) is 4.94. The zero-order chi connectivity index (χ0) is 16.4. The van der Waals surface area contributed by atoms with Crippen LogP contribution in [0.15, 0.2) is 23.1 Å². The molecular weight excluding hydrogens is 322 g/mol. The van der Waals surface area contributed by atoms with E-state index < -0.39 is 32.0 Å². The summed E-state index contributed by atoms with van der Waals surface area (Å²) in [5.41, 5.74) is 3.53. The van der Waals surface area contributed by atoms with Gasteiger partial charge in [-0.3, -0.25) is 14.9 Å². The number of carbonyl (C=O) groups excluding carboxylic acids is 1. The molecule has 0 fully saturated rings. The Morgan fingerprint density at radius 2 is 2.05 bits per heavy atom. The number of nitrogens with one attached hydrogen (secondary N) is 1. The van der Waals surface area contributed by atoms with Gasteiger partial charge in [0.2, 0.25) is 15.9 Å². The quantitative estimate of drug-likeness (QED) is 0.592. The van der Waals surface area contributed by atoms with E-state index in [2.05, 4.69) is 4.72 Å². The molecule has 0 unspecified atom stereocenters. The number of amides is 1. The standard InChI is InChI=1S/C11H14ClN3O5S/c1-11(2,10(13)16)6-14-21(19,20)7-3-4-8(12)9(5-7)15(17)18/h3-5,14H,6H2,1-2H3,(H2,13,16). The van der Waals surface area contributed by atoms with Gasteiger partial charge in [-0.1, -0.05) is 11.6 Å². The predicted molar refractivity (Wildman–Crippen MR) is 76.3 cm³/mol. The van der Waals surface area contributed by atoms with Crippen molar-refractivity contribution in [1.82, 2.24) is 4.72 Å². The molecule has 21 heavy (non-hydrogen) atoms. The van der Waals surface area contributed by atoms with Crippen molar-refractivity contribution in [3.63, 3.8) is 0 Å². The molecule has 8 nitrogen and oxygen atoms in total. The second-order valence-corrected chi connectivity index (χ2v) is 7.12. The zero-order valence-corrected chi connectivity index (χ0v) is 12.9. The Kier molecular flexibility index (Phi) is 4.92. The number of benzene rings is 1. The van der Waals surface area contributed by atoms with Gasteiger partial charge in [-0.15, -0.1) is 0 Å². The van der Waals surface area contributed by atoms with Gasteiger partial charge in [-0.25, -0.2) is 13.1 Å². The number of nitro benzene ring substituents is 1. The first-order valence-corrected chi connectivity index (χ1v) is 7.57. The minimum atomic E-state index is -4.02. The third-order valence-electron chi connectivity index (χ3n) is 2.80.